The SMILES string of the molecule is CCCC[C@H](NC(=O)[C@H](Cc1cccc2ccccc12)NC(=O)OCc1ccccc1)C(=O)N(CC(C)C)[C@@H](Cc1ccccc1)[C@@H](O)C[C@H](CC)C(N)=O. The minimum atomic E-state index is -1.07. The first-order valence-corrected chi connectivity index (χ1v) is 19.6. The van der Waals surface area contributed by atoms with Crippen LogP contribution in [0.1, 0.15) is 76.5 Å². The van der Waals surface area contributed by atoms with Crippen molar-refractivity contribution in [2.24, 2.45) is 17.6 Å². The normalized spacial score (nSPS) is 14.0. The second-order valence-corrected chi connectivity index (χ2v) is 14.8. The average molecular weight is 751 g/mol. The Labute approximate surface area is 325 Å². The summed E-state index contributed by atoms with van der Waals surface area (Å²) in [5.74, 6) is -1.90. The summed E-state index contributed by atoms with van der Waals surface area (Å²) in [6.07, 6.45) is 0.994. The molecule has 0 unspecified atom stereocenters. The van der Waals surface area contributed by atoms with Gasteiger partial charge in [-0.2, -0.15) is 0 Å². The first kappa shape index (κ1) is 42.5. The van der Waals surface area contributed by atoms with Gasteiger partial charge in [-0.25, -0.2) is 4.79 Å². The zero-order valence-electron chi connectivity index (χ0n) is 32.7. The molecule has 294 valence electrons. The summed E-state index contributed by atoms with van der Waals surface area (Å²) in [4.78, 5) is 56.5. The van der Waals surface area contributed by atoms with Crippen LogP contribution < -0.4 is 16.4 Å². The van der Waals surface area contributed by atoms with Crippen LogP contribution in [0.25, 0.3) is 10.8 Å². The van der Waals surface area contributed by atoms with Crippen LogP contribution in [0.4, 0.5) is 4.79 Å². The van der Waals surface area contributed by atoms with Crippen LogP contribution in [0.15, 0.2) is 103 Å². The molecule has 5 atom stereocenters. The van der Waals surface area contributed by atoms with Crippen molar-refractivity contribution < 1.29 is 29.0 Å². The molecule has 0 aliphatic heterocycles. The van der Waals surface area contributed by atoms with Crippen LogP contribution in [0.2, 0.25) is 0 Å². The van der Waals surface area contributed by atoms with E-state index in [2.05, 4.69) is 10.6 Å². The van der Waals surface area contributed by atoms with Gasteiger partial charge in [0.2, 0.25) is 17.7 Å². The number of rotatable bonds is 21. The monoisotopic (exact) mass is 750 g/mol. The molecule has 0 saturated carbocycles. The minimum absolute atomic E-state index is 0.0234. The van der Waals surface area contributed by atoms with Gasteiger partial charge in [0, 0.05) is 18.9 Å². The second-order valence-electron chi connectivity index (χ2n) is 14.8. The van der Waals surface area contributed by atoms with E-state index in [-0.39, 0.29) is 31.3 Å². The van der Waals surface area contributed by atoms with Crippen LogP contribution in [0.3, 0.4) is 0 Å². The topological polar surface area (TPSA) is 151 Å². The number of fused-ring (bicyclic) bond motifs is 1. The van der Waals surface area contributed by atoms with Crippen LogP contribution in [-0.4, -0.2) is 64.6 Å². The third kappa shape index (κ3) is 13.0. The smallest absolute Gasteiger partial charge is 0.408 e. The van der Waals surface area contributed by atoms with Gasteiger partial charge in [0.25, 0.3) is 0 Å². The summed E-state index contributed by atoms with van der Waals surface area (Å²) < 4.78 is 5.54. The molecule has 4 aromatic carbocycles. The van der Waals surface area contributed by atoms with E-state index in [0.29, 0.717) is 32.2 Å². The fraction of sp³-hybridized carbons (Fsp3) is 0.422. The van der Waals surface area contributed by atoms with Gasteiger partial charge < -0.3 is 31.1 Å². The van der Waals surface area contributed by atoms with E-state index in [0.717, 1.165) is 33.9 Å². The van der Waals surface area contributed by atoms with E-state index in [1.807, 2.05) is 131 Å². The van der Waals surface area contributed by atoms with Gasteiger partial charge in [0.1, 0.15) is 18.7 Å². The lowest BCUT2D eigenvalue weighted by Crippen LogP contribution is -2.59. The summed E-state index contributed by atoms with van der Waals surface area (Å²) in [6, 6.07) is 29.8. The number of hydrogen-bond acceptors (Lipinski definition) is 6. The molecule has 0 aromatic heterocycles. The van der Waals surface area contributed by atoms with Crippen LogP contribution >= 0.6 is 0 Å². The summed E-state index contributed by atoms with van der Waals surface area (Å²) in [5.41, 5.74) is 8.28. The fourth-order valence-corrected chi connectivity index (χ4v) is 6.97. The molecule has 55 heavy (non-hydrogen) atoms. The molecule has 4 amide bonds. The van der Waals surface area contributed by atoms with E-state index in [4.69, 9.17) is 10.5 Å². The molecule has 0 radical (unpaired) electrons. The molecular weight excluding hydrogens is 693 g/mol. The number of amides is 4. The molecule has 10 heteroatoms. The Kier molecular flexibility index (Phi) is 16.7. The lowest BCUT2D eigenvalue weighted by atomic mass is 9.89. The van der Waals surface area contributed by atoms with Gasteiger partial charge in [0.05, 0.1) is 12.1 Å². The number of ether oxygens (including phenoxy) is 1. The van der Waals surface area contributed by atoms with Crippen molar-refractivity contribution in [3.05, 3.63) is 120 Å². The van der Waals surface area contributed by atoms with Crippen molar-refractivity contribution in [3.8, 4) is 0 Å². The number of unbranched alkanes of at least 4 members (excludes halogenated alkanes) is 1. The number of benzene rings is 4. The van der Waals surface area contributed by atoms with Crippen molar-refractivity contribution >= 4 is 34.6 Å². The molecule has 0 fully saturated rings. The minimum Gasteiger partial charge on any atom is -0.445 e. The second kappa shape index (κ2) is 21.6. The first-order chi connectivity index (χ1) is 26.5. The maximum atomic E-state index is 14.9. The lowest BCUT2D eigenvalue weighted by molar-refractivity contribution is -0.142. The zero-order valence-corrected chi connectivity index (χ0v) is 32.7. The van der Waals surface area contributed by atoms with Crippen LogP contribution in [0, 0.1) is 11.8 Å². The number of carbonyl (C=O) groups excluding carboxylic acids is 4. The van der Waals surface area contributed by atoms with E-state index in [9.17, 15) is 24.3 Å². The lowest BCUT2D eigenvalue weighted by Gasteiger charge is -2.39. The van der Waals surface area contributed by atoms with E-state index < -0.39 is 48.1 Å². The molecule has 4 rings (SSSR count). The molecule has 0 aliphatic carbocycles. The van der Waals surface area contributed by atoms with Gasteiger partial charge in [0.15, 0.2) is 0 Å². The van der Waals surface area contributed by atoms with Crippen molar-refractivity contribution in [2.45, 2.75) is 103 Å². The Hall–Kier alpha value is -5.22. The van der Waals surface area contributed by atoms with Crippen LogP contribution in [-0.2, 0) is 38.6 Å². The maximum absolute atomic E-state index is 14.9. The Morgan fingerprint density at radius 1 is 0.782 bits per heavy atom. The van der Waals surface area contributed by atoms with E-state index in [1.165, 1.54) is 0 Å². The standard InChI is InChI=1S/C45H58N4O6/c1-5-7-25-38(44(53)49(29-31(3)4)40(26-32-17-10-8-11-18-32)41(50)28-34(6-2)42(46)51)47-43(52)39(48-45(54)55-30-33-19-12-9-13-20-33)27-36-23-16-22-35-21-14-15-24-37(35)36/h8-24,31,34,38-41,50H,5-7,25-30H2,1-4H3,(H2,46,51)(H,47,52)(H,48,54)/t34-,38-,39-,40-,41-/m0/s1. The zero-order chi connectivity index (χ0) is 39.7. The number of aliphatic hydroxyl groups excluding tert-OH is 1. The van der Waals surface area contributed by atoms with Crippen molar-refractivity contribution in [3.63, 3.8) is 0 Å². The molecular formula is C45H58N4O6. The highest BCUT2D eigenvalue weighted by Crippen LogP contribution is 2.24. The highest BCUT2D eigenvalue weighted by atomic mass is 16.5. The quantitative estimate of drug-likeness (QED) is 0.0744. The highest BCUT2D eigenvalue weighted by molar-refractivity contribution is 5.93. The molecule has 0 spiro atoms. The summed E-state index contributed by atoms with van der Waals surface area (Å²) in [6.45, 7) is 8.19. The molecule has 0 heterocycles. The van der Waals surface area contributed by atoms with Gasteiger partial charge in [-0.05, 0) is 59.1 Å². The maximum Gasteiger partial charge on any atom is 0.408 e. The van der Waals surface area contributed by atoms with E-state index in [1.54, 1.807) is 4.90 Å². The molecule has 10 nitrogen and oxygen atoms in total. The number of hydrogen-bond donors (Lipinski definition) is 4. The number of primary amides is 1. The van der Waals surface area contributed by atoms with Gasteiger partial charge >= 0.3 is 6.09 Å². The van der Waals surface area contributed by atoms with Crippen molar-refractivity contribution in [2.75, 3.05) is 6.54 Å². The first-order valence-electron chi connectivity index (χ1n) is 19.6. The molecule has 4 aromatic rings. The summed E-state index contributed by atoms with van der Waals surface area (Å²) >= 11 is 0. The third-order valence-electron chi connectivity index (χ3n) is 9.98. The third-order valence-corrected chi connectivity index (χ3v) is 9.98. The Morgan fingerprint density at radius 2 is 1.42 bits per heavy atom. The van der Waals surface area contributed by atoms with E-state index >= 15 is 0 Å². The van der Waals surface area contributed by atoms with Gasteiger partial charge in [-0.1, -0.05) is 144 Å². The van der Waals surface area contributed by atoms with Crippen LogP contribution in [0.5, 0.6) is 0 Å². The number of carbonyl (C=O) groups is 4. The largest absolute Gasteiger partial charge is 0.445 e. The average Bonchev–Trinajstić information content (AvgIpc) is 3.19. The Morgan fingerprint density at radius 3 is 2.05 bits per heavy atom. The Bertz CT molecular complexity index is 1810. The number of nitrogens with zero attached hydrogens (tertiary/aromatic N) is 1. The Balaban J connectivity index is 1.67. The summed E-state index contributed by atoms with van der Waals surface area (Å²) in [7, 11) is 0. The number of nitrogens with two attached hydrogens (primary N) is 1. The molecule has 0 bridgehead atoms. The van der Waals surface area contributed by atoms with Crippen molar-refractivity contribution in [1.82, 2.24) is 15.5 Å². The van der Waals surface area contributed by atoms with Gasteiger partial charge in [-0.3, -0.25) is 14.4 Å². The predicted octanol–water partition coefficient (Wildman–Crippen LogP) is 6.71. The fourth-order valence-electron chi connectivity index (χ4n) is 6.97. The molecule has 5 N–H and O–H groups in total. The number of aliphatic hydroxyl groups is 1. The molecule has 0 aliphatic rings. The predicted molar refractivity (Wildman–Crippen MR) is 217 cm³/mol. The van der Waals surface area contributed by atoms with Crippen molar-refractivity contribution in [1.29, 1.82) is 0 Å². The molecule has 0 saturated heterocycles. The number of alkyl carbamates (subject to hydrolysis) is 1. The number of nitrogens with one attached hydrogen (secondary N) is 2. The summed E-state index contributed by atoms with van der Waals surface area (Å²) in [5, 5.41) is 19.6. The van der Waals surface area contributed by atoms with Gasteiger partial charge in [-0.15, -0.1) is 0 Å². The highest BCUT2D eigenvalue weighted by Gasteiger charge is 2.37.